The van der Waals surface area contributed by atoms with E-state index in [1.54, 1.807) is 19.1 Å². The molecule has 1 aromatic rings. The fourth-order valence-electron chi connectivity index (χ4n) is 7.33. The highest BCUT2D eigenvalue weighted by atomic mass is 19.1. The number of benzene rings is 1. The molecule has 0 spiro atoms. The van der Waals surface area contributed by atoms with Crippen molar-refractivity contribution < 1.29 is 18.7 Å². The van der Waals surface area contributed by atoms with Gasteiger partial charge in [-0.15, -0.1) is 0 Å². The van der Waals surface area contributed by atoms with E-state index in [-0.39, 0.29) is 41.7 Å². The summed E-state index contributed by atoms with van der Waals surface area (Å²) in [5.74, 6) is 1.48. The number of fused-ring (bicyclic) bond motifs is 2. The summed E-state index contributed by atoms with van der Waals surface area (Å²) >= 11 is 0. The first kappa shape index (κ1) is 24.0. The quantitative estimate of drug-likeness (QED) is 0.554. The van der Waals surface area contributed by atoms with Crippen LogP contribution >= 0.6 is 0 Å². The third kappa shape index (κ3) is 4.87. The molecule has 1 unspecified atom stereocenters. The largest absolute Gasteiger partial charge is 0.462 e. The third-order valence-corrected chi connectivity index (χ3v) is 8.80. The van der Waals surface area contributed by atoms with Gasteiger partial charge in [0.25, 0.3) is 0 Å². The standard InChI is InChI=1S/C30H36FNO3/c1-17-13-20(7-10-25(17)21-5-4-6-23(31)14-21)8-11-27-26-12-9-24(32-19(3)33)15-22(26)16-28-29(27)18(2)35-30(28)34/h4-8,10-11,14,17-18,22,24,26-29H,9,12-13,15-16H2,1-3H3,(H,32,33)/b11-8+/t17?,18-,22+,24+,26+,27-,28-,29+/m0/s1. The Morgan fingerprint density at radius 1 is 1.17 bits per heavy atom. The molecule has 5 heteroatoms. The zero-order chi connectivity index (χ0) is 24.7. The van der Waals surface area contributed by atoms with Crippen LogP contribution in [-0.4, -0.2) is 24.0 Å². The summed E-state index contributed by atoms with van der Waals surface area (Å²) in [4.78, 5) is 24.3. The maximum absolute atomic E-state index is 13.7. The van der Waals surface area contributed by atoms with E-state index in [9.17, 15) is 14.0 Å². The van der Waals surface area contributed by atoms with Crippen molar-refractivity contribution >= 4 is 17.4 Å². The van der Waals surface area contributed by atoms with Crippen LogP contribution in [0.5, 0.6) is 0 Å². The lowest BCUT2D eigenvalue weighted by Gasteiger charge is -2.47. The summed E-state index contributed by atoms with van der Waals surface area (Å²) in [6, 6.07) is 7.03. The SMILES string of the molecule is CC(=O)N[C@@H]1CC[C@@H]2[C@H](C1)C[C@@H]1C(=O)O[C@@H](C)[C@@H]1[C@H]2/C=C/C1=CC=C(c2cccc(F)c2)C(C)C1. The van der Waals surface area contributed by atoms with Crippen molar-refractivity contribution in [2.24, 2.45) is 35.5 Å². The molecule has 0 bridgehead atoms. The Kier molecular flexibility index (Phi) is 6.69. The average Bonchev–Trinajstić information content (AvgIpc) is 3.09. The van der Waals surface area contributed by atoms with E-state index in [0.29, 0.717) is 23.7 Å². The van der Waals surface area contributed by atoms with Gasteiger partial charge in [-0.3, -0.25) is 9.59 Å². The first-order valence-corrected chi connectivity index (χ1v) is 13.1. The fourth-order valence-corrected chi connectivity index (χ4v) is 7.33. The van der Waals surface area contributed by atoms with Crippen molar-refractivity contribution in [2.45, 2.75) is 65.0 Å². The van der Waals surface area contributed by atoms with Crippen molar-refractivity contribution in [3.05, 3.63) is 65.5 Å². The van der Waals surface area contributed by atoms with Gasteiger partial charge in [0.15, 0.2) is 0 Å². The smallest absolute Gasteiger partial charge is 0.309 e. The molecule has 4 aliphatic rings. The molecular formula is C30H36FNO3. The van der Waals surface area contributed by atoms with Crippen molar-refractivity contribution in [1.29, 1.82) is 0 Å². The normalized spacial score (nSPS) is 36.6. The lowest BCUT2D eigenvalue weighted by Crippen LogP contribution is -2.48. The van der Waals surface area contributed by atoms with Crippen molar-refractivity contribution in [2.75, 3.05) is 0 Å². The topological polar surface area (TPSA) is 55.4 Å². The Balaban J connectivity index is 1.38. The predicted octanol–water partition coefficient (Wildman–Crippen LogP) is 5.85. The van der Waals surface area contributed by atoms with E-state index in [1.165, 1.54) is 17.2 Å². The molecule has 186 valence electrons. The highest BCUT2D eigenvalue weighted by Gasteiger charge is 2.54. The molecule has 2 saturated carbocycles. The highest BCUT2D eigenvalue weighted by molar-refractivity contribution is 5.76. The monoisotopic (exact) mass is 477 g/mol. The number of carbonyl (C=O) groups excluding carboxylic acids is 2. The van der Waals surface area contributed by atoms with Gasteiger partial charge in [0.1, 0.15) is 11.9 Å². The first-order valence-electron chi connectivity index (χ1n) is 13.1. The minimum absolute atomic E-state index is 0.0245. The number of hydrogen-bond acceptors (Lipinski definition) is 3. The minimum atomic E-state index is -0.206. The zero-order valence-electron chi connectivity index (χ0n) is 20.9. The molecular weight excluding hydrogens is 441 g/mol. The second-order valence-corrected chi connectivity index (χ2v) is 11.1. The molecule has 1 saturated heterocycles. The molecule has 1 amide bonds. The number of nitrogens with one attached hydrogen (secondary N) is 1. The number of allylic oxidation sites excluding steroid dienone is 6. The molecule has 1 aromatic carbocycles. The molecule has 1 heterocycles. The predicted molar refractivity (Wildman–Crippen MR) is 134 cm³/mol. The van der Waals surface area contributed by atoms with E-state index in [1.807, 2.05) is 13.0 Å². The zero-order valence-corrected chi connectivity index (χ0v) is 20.9. The number of amides is 1. The van der Waals surface area contributed by atoms with Crippen LogP contribution in [0.25, 0.3) is 5.57 Å². The summed E-state index contributed by atoms with van der Waals surface area (Å²) in [5.41, 5.74) is 3.38. The van der Waals surface area contributed by atoms with Gasteiger partial charge in [0.05, 0.1) is 5.92 Å². The fraction of sp³-hybridized carbons (Fsp3) is 0.533. The summed E-state index contributed by atoms with van der Waals surface area (Å²) in [6.07, 6.45) is 13.6. The average molecular weight is 478 g/mol. The van der Waals surface area contributed by atoms with Gasteiger partial charge in [-0.05, 0) is 91.5 Å². The lowest BCUT2D eigenvalue weighted by atomic mass is 9.56. The number of rotatable bonds is 4. The summed E-state index contributed by atoms with van der Waals surface area (Å²) in [6.45, 7) is 5.82. The number of halogens is 1. The number of hydrogen-bond donors (Lipinski definition) is 1. The highest BCUT2D eigenvalue weighted by Crippen LogP contribution is 2.53. The van der Waals surface area contributed by atoms with Crippen LogP contribution in [0.4, 0.5) is 4.39 Å². The number of esters is 1. The second-order valence-electron chi connectivity index (χ2n) is 11.1. The van der Waals surface area contributed by atoms with Crippen LogP contribution < -0.4 is 5.32 Å². The molecule has 3 fully saturated rings. The van der Waals surface area contributed by atoms with E-state index in [0.717, 1.165) is 37.7 Å². The number of ether oxygens (including phenoxy) is 1. The summed E-state index contributed by atoms with van der Waals surface area (Å²) < 4.78 is 19.5. The van der Waals surface area contributed by atoms with E-state index in [4.69, 9.17) is 4.74 Å². The van der Waals surface area contributed by atoms with Gasteiger partial charge in [-0.1, -0.05) is 43.4 Å². The molecule has 1 N–H and O–H groups in total. The van der Waals surface area contributed by atoms with Crippen LogP contribution in [0.15, 0.2) is 54.1 Å². The Bertz CT molecular complexity index is 1090. The van der Waals surface area contributed by atoms with Crippen molar-refractivity contribution in [3.63, 3.8) is 0 Å². The Morgan fingerprint density at radius 2 is 2.00 bits per heavy atom. The van der Waals surface area contributed by atoms with Gasteiger partial charge in [0, 0.05) is 18.9 Å². The third-order valence-electron chi connectivity index (χ3n) is 8.80. The van der Waals surface area contributed by atoms with E-state index < -0.39 is 0 Å². The second kappa shape index (κ2) is 9.75. The van der Waals surface area contributed by atoms with Crippen LogP contribution in [-0.2, 0) is 14.3 Å². The number of cyclic esters (lactones) is 1. The molecule has 4 nitrogen and oxygen atoms in total. The van der Waals surface area contributed by atoms with Crippen LogP contribution in [0.1, 0.15) is 58.4 Å². The lowest BCUT2D eigenvalue weighted by molar-refractivity contribution is -0.144. The van der Waals surface area contributed by atoms with Crippen LogP contribution in [0.2, 0.25) is 0 Å². The first-order chi connectivity index (χ1) is 16.8. The Morgan fingerprint density at radius 3 is 2.74 bits per heavy atom. The maximum atomic E-state index is 13.7. The number of carbonyl (C=O) groups is 2. The molecule has 1 aliphatic heterocycles. The maximum Gasteiger partial charge on any atom is 0.309 e. The molecule has 0 aromatic heterocycles. The Hall–Kier alpha value is -2.69. The Labute approximate surface area is 207 Å². The molecule has 3 aliphatic carbocycles. The van der Waals surface area contributed by atoms with Crippen molar-refractivity contribution in [1.82, 2.24) is 5.32 Å². The van der Waals surface area contributed by atoms with Gasteiger partial charge >= 0.3 is 5.97 Å². The molecule has 8 atom stereocenters. The van der Waals surface area contributed by atoms with Gasteiger partial charge in [-0.2, -0.15) is 0 Å². The van der Waals surface area contributed by atoms with Gasteiger partial charge in [-0.25, -0.2) is 4.39 Å². The van der Waals surface area contributed by atoms with Crippen LogP contribution in [0.3, 0.4) is 0 Å². The molecule has 5 rings (SSSR count). The van der Waals surface area contributed by atoms with Gasteiger partial charge in [0.2, 0.25) is 5.91 Å². The van der Waals surface area contributed by atoms with Gasteiger partial charge < -0.3 is 10.1 Å². The van der Waals surface area contributed by atoms with Crippen molar-refractivity contribution in [3.8, 4) is 0 Å². The summed E-state index contributed by atoms with van der Waals surface area (Å²) in [5, 5.41) is 3.11. The molecule has 0 radical (unpaired) electrons. The van der Waals surface area contributed by atoms with E-state index >= 15 is 0 Å². The summed E-state index contributed by atoms with van der Waals surface area (Å²) in [7, 11) is 0. The van der Waals surface area contributed by atoms with Crippen LogP contribution in [0, 0.1) is 41.3 Å². The van der Waals surface area contributed by atoms with E-state index in [2.05, 4.69) is 36.5 Å². The molecule has 35 heavy (non-hydrogen) atoms. The minimum Gasteiger partial charge on any atom is -0.462 e.